The minimum absolute atomic E-state index is 0.0837. The van der Waals surface area contributed by atoms with E-state index in [1.807, 2.05) is 0 Å². The number of ether oxygens (including phenoxy) is 2. The van der Waals surface area contributed by atoms with Crippen LogP contribution in [0.15, 0.2) is 29.8 Å². The smallest absolute Gasteiger partial charge is 0.336 e. The lowest BCUT2D eigenvalue weighted by Gasteiger charge is -2.33. The maximum absolute atomic E-state index is 15.8. The molecule has 0 saturated carbocycles. The van der Waals surface area contributed by atoms with Crippen molar-refractivity contribution in [3.05, 3.63) is 41.0 Å². The van der Waals surface area contributed by atoms with E-state index in [0.717, 1.165) is 0 Å². The van der Waals surface area contributed by atoms with Crippen LogP contribution in [0.2, 0.25) is 0 Å². The van der Waals surface area contributed by atoms with E-state index in [1.54, 1.807) is 6.92 Å². The zero-order chi connectivity index (χ0) is 18.3. The van der Waals surface area contributed by atoms with Crippen LogP contribution in [0.5, 0.6) is 5.75 Å². The highest BCUT2D eigenvalue weighted by Gasteiger charge is 2.59. The van der Waals surface area contributed by atoms with E-state index >= 15 is 4.39 Å². The molecule has 6 heteroatoms. The standard InChI is InChI=1S/C18H21FO5/c1-6-10(2)15(21)24-18(19)13-9-12(11(3)20)7-8-14(13)23-16(18)17(4,5)22/h6-9,16,22H,1-5H3/b10-6-/t16-,18-/m1/s1. The lowest BCUT2D eigenvalue weighted by Crippen LogP contribution is -2.51. The van der Waals surface area contributed by atoms with Crippen LogP contribution in [0.3, 0.4) is 0 Å². The average molecular weight is 336 g/mol. The fourth-order valence-corrected chi connectivity index (χ4v) is 2.50. The number of allylic oxidation sites excluding steroid dienone is 1. The highest BCUT2D eigenvalue weighted by molar-refractivity contribution is 5.94. The lowest BCUT2D eigenvalue weighted by atomic mass is 9.91. The van der Waals surface area contributed by atoms with E-state index in [9.17, 15) is 14.7 Å². The Balaban J connectivity index is 2.57. The molecule has 0 aromatic heterocycles. The molecule has 1 N–H and O–H groups in total. The van der Waals surface area contributed by atoms with Gasteiger partial charge in [0.1, 0.15) is 11.4 Å². The van der Waals surface area contributed by atoms with Crippen LogP contribution in [0, 0.1) is 0 Å². The van der Waals surface area contributed by atoms with Crippen LogP contribution in [-0.4, -0.2) is 28.6 Å². The number of fused-ring (bicyclic) bond motifs is 1. The number of hydrogen-bond donors (Lipinski definition) is 1. The van der Waals surface area contributed by atoms with Crippen LogP contribution < -0.4 is 4.74 Å². The predicted octanol–water partition coefficient (Wildman–Crippen LogP) is 3.05. The SMILES string of the molecule is C/C=C(/C)C(=O)O[C@]1(F)c2cc(C(C)=O)ccc2O[C@@H]1C(C)(C)O. The number of ketones is 1. The number of carbonyl (C=O) groups excluding carboxylic acids is 2. The van der Waals surface area contributed by atoms with Gasteiger partial charge in [-0.15, -0.1) is 0 Å². The summed E-state index contributed by atoms with van der Waals surface area (Å²) < 4.78 is 26.4. The molecule has 1 aliphatic rings. The largest absolute Gasteiger partial charge is 0.479 e. The highest BCUT2D eigenvalue weighted by atomic mass is 19.2. The molecule has 0 bridgehead atoms. The minimum Gasteiger partial charge on any atom is -0.479 e. The third kappa shape index (κ3) is 3.06. The van der Waals surface area contributed by atoms with Crippen molar-refractivity contribution in [3.8, 4) is 5.75 Å². The van der Waals surface area contributed by atoms with Gasteiger partial charge in [-0.25, -0.2) is 4.79 Å². The van der Waals surface area contributed by atoms with E-state index < -0.39 is 23.5 Å². The monoisotopic (exact) mass is 336 g/mol. The molecule has 0 radical (unpaired) electrons. The Bertz CT molecular complexity index is 717. The summed E-state index contributed by atoms with van der Waals surface area (Å²) in [5, 5.41) is 10.3. The van der Waals surface area contributed by atoms with Gasteiger partial charge in [-0.3, -0.25) is 4.79 Å². The van der Waals surface area contributed by atoms with Crippen molar-refractivity contribution in [1.82, 2.24) is 0 Å². The molecule has 24 heavy (non-hydrogen) atoms. The van der Waals surface area contributed by atoms with Gasteiger partial charge in [-0.2, -0.15) is 4.39 Å². The van der Waals surface area contributed by atoms with Crippen molar-refractivity contribution in [2.24, 2.45) is 0 Å². The van der Waals surface area contributed by atoms with Crippen molar-refractivity contribution in [3.63, 3.8) is 0 Å². The molecule has 1 aromatic carbocycles. The van der Waals surface area contributed by atoms with Gasteiger partial charge in [-0.05, 0) is 52.8 Å². The first-order chi connectivity index (χ1) is 11.0. The van der Waals surface area contributed by atoms with Crippen molar-refractivity contribution in [2.75, 3.05) is 0 Å². The van der Waals surface area contributed by atoms with Gasteiger partial charge in [0.2, 0.25) is 6.10 Å². The number of rotatable bonds is 4. The Hall–Kier alpha value is -2.21. The maximum atomic E-state index is 15.8. The number of Topliss-reactive ketones (excluding diaryl/α,β-unsaturated/α-hetero) is 1. The van der Waals surface area contributed by atoms with Gasteiger partial charge in [0.25, 0.3) is 0 Å². The summed E-state index contributed by atoms with van der Waals surface area (Å²) in [5.41, 5.74) is -1.24. The number of alkyl halides is 1. The van der Waals surface area contributed by atoms with Gasteiger partial charge in [0.15, 0.2) is 5.78 Å². The average Bonchev–Trinajstić information content (AvgIpc) is 2.78. The molecule has 2 atom stereocenters. The number of carbonyl (C=O) groups is 2. The Morgan fingerprint density at radius 1 is 1.38 bits per heavy atom. The summed E-state index contributed by atoms with van der Waals surface area (Å²) in [6, 6.07) is 4.22. The molecule has 5 nitrogen and oxygen atoms in total. The molecule has 0 fully saturated rings. The summed E-state index contributed by atoms with van der Waals surface area (Å²) in [7, 11) is 0. The van der Waals surface area contributed by atoms with Gasteiger partial charge < -0.3 is 14.6 Å². The first kappa shape index (κ1) is 18.1. The number of esters is 1. The quantitative estimate of drug-likeness (QED) is 0.520. The Morgan fingerprint density at radius 2 is 2.00 bits per heavy atom. The summed E-state index contributed by atoms with van der Waals surface area (Å²) >= 11 is 0. The number of benzene rings is 1. The van der Waals surface area contributed by atoms with E-state index in [1.165, 1.54) is 52.0 Å². The normalized spacial score (nSPS) is 23.5. The molecular formula is C18H21FO5. The second kappa shape index (κ2) is 6.02. The van der Waals surface area contributed by atoms with Gasteiger partial charge >= 0.3 is 11.8 Å². The van der Waals surface area contributed by atoms with Crippen molar-refractivity contribution >= 4 is 11.8 Å². The number of halogens is 1. The lowest BCUT2D eigenvalue weighted by molar-refractivity contribution is -0.224. The summed E-state index contributed by atoms with van der Waals surface area (Å²) in [4.78, 5) is 23.7. The van der Waals surface area contributed by atoms with Gasteiger partial charge in [0, 0.05) is 11.1 Å². The molecule has 1 heterocycles. The predicted molar refractivity (Wildman–Crippen MR) is 85.5 cm³/mol. The summed E-state index contributed by atoms with van der Waals surface area (Å²) in [6.45, 7) is 7.19. The second-order valence-corrected chi connectivity index (χ2v) is 6.42. The fraction of sp³-hybridized carbons (Fsp3) is 0.444. The fourth-order valence-electron chi connectivity index (χ4n) is 2.50. The van der Waals surface area contributed by atoms with Crippen molar-refractivity contribution < 1.29 is 28.6 Å². The maximum Gasteiger partial charge on any atom is 0.336 e. The van der Waals surface area contributed by atoms with Crippen LogP contribution in [0.25, 0.3) is 0 Å². The van der Waals surface area contributed by atoms with Crippen molar-refractivity contribution in [1.29, 1.82) is 0 Å². The van der Waals surface area contributed by atoms with Crippen LogP contribution in [0.1, 0.15) is 50.5 Å². The first-order valence-electron chi connectivity index (χ1n) is 7.60. The summed E-state index contributed by atoms with van der Waals surface area (Å²) in [6.07, 6.45) is 0.0313. The Morgan fingerprint density at radius 3 is 2.50 bits per heavy atom. The summed E-state index contributed by atoms with van der Waals surface area (Å²) in [5.74, 6) is -3.71. The Labute approximate surface area is 140 Å². The Kier molecular flexibility index (Phi) is 4.55. The number of aliphatic hydroxyl groups is 1. The molecular weight excluding hydrogens is 315 g/mol. The molecule has 130 valence electrons. The number of hydrogen-bond acceptors (Lipinski definition) is 5. The molecule has 0 amide bonds. The van der Waals surface area contributed by atoms with E-state index in [-0.39, 0.29) is 28.2 Å². The molecule has 0 aliphatic carbocycles. The highest BCUT2D eigenvalue weighted by Crippen LogP contribution is 2.49. The minimum atomic E-state index is -2.71. The van der Waals surface area contributed by atoms with Crippen LogP contribution in [0.4, 0.5) is 4.39 Å². The van der Waals surface area contributed by atoms with Crippen LogP contribution in [-0.2, 0) is 15.4 Å². The molecule has 0 saturated heterocycles. The molecule has 0 unspecified atom stereocenters. The molecule has 1 aromatic rings. The molecule has 1 aliphatic heterocycles. The van der Waals surface area contributed by atoms with Gasteiger partial charge in [-0.1, -0.05) is 6.08 Å². The van der Waals surface area contributed by atoms with Crippen LogP contribution >= 0.6 is 0 Å². The topological polar surface area (TPSA) is 72.8 Å². The molecule has 0 spiro atoms. The van der Waals surface area contributed by atoms with Gasteiger partial charge in [0.05, 0.1) is 5.56 Å². The third-order valence-electron chi connectivity index (χ3n) is 3.97. The first-order valence-corrected chi connectivity index (χ1v) is 7.60. The molecule has 2 rings (SSSR count). The second-order valence-electron chi connectivity index (χ2n) is 6.42. The van der Waals surface area contributed by atoms with E-state index in [4.69, 9.17) is 9.47 Å². The third-order valence-corrected chi connectivity index (χ3v) is 3.97. The zero-order valence-corrected chi connectivity index (χ0v) is 14.3. The van der Waals surface area contributed by atoms with E-state index in [2.05, 4.69) is 0 Å². The van der Waals surface area contributed by atoms with E-state index in [0.29, 0.717) is 0 Å². The van der Waals surface area contributed by atoms with Crippen molar-refractivity contribution in [2.45, 2.75) is 52.2 Å². The zero-order valence-electron chi connectivity index (χ0n) is 14.3.